The highest BCUT2D eigenvalue weighted by atomic mass is 16.4. The highest BCUT2D eigenvalue weighted by Gasteiger charge is 2.43. The lowest BCUT2D eigenvalue weighted by Gasteiger charge is -2.24. The van der Waals surface area contributed by atoms with Crippen LogP contribution in [0.4, 0.5) is 0 Å². The number of likely N-dealkylation sites (N-methyl/N-ethyl adjacent to an activating group) is 1. The van der Waals surface area contributed by atoms with E-state index in [9.17, 15) is 19.5 Å². The van der Waals surface area contributed by atoms with Crippen LogP contribution in [0.15, 0.2) is 0 Å². The SMILES string of the molecule is CC(NC(=O)CC1(C(=O)O)CCCC1)C(=O)N(C)C. The van der Waals surface area contributed by atoms with Crippen molar-refractivity contribution in [2.45, 2.75) is 45.1 Å². The Balaban J connectivity index is 2.59. The molecule has 19 heavy (non-hydrogen) atoms. The van der Waals surface area contributed by atoms with Crippen molar-refractivity contribution in [3.63, 3.8) is 0 Å². The maximum absolute atomic E-state index is 11.9. The fourth-order valence-corrected chi connectivity index (χ4v) is 2.57. The molecule has 0 aromatic carbocycles. The van der Waals surface area contributed by atoms with Gasteiger partial charge in [-0.15, -0.1) is 0 Å². The molecule has 6 nitrogen and oxygen atoms in total. The maximum atomic E-state index is 11.9. The zero-order valence-electron chi connectivity index (χ0n) is 11.7. The largest absolute Gasteiger partial charge is 0.481 e. The smallest absolute Gasteiger partial charge is 0.310 e. The Morgan fingerprint density at radius 3 is 2.21 bits per heavy atom. The third-order valence-electron chi connectivity index (χ3n) is 3.70. The summed E-state index contributed by atoms with van der Waals surface area (Å²) in [5, 5.41) is 11.9. The van der Waals surface area contributed by atoms with Crippen molar-refractivity contribution in [1.29, 1.82) is 0 Å². The van der Waals surface area contributed by atoms with Gasteiger partial charge in [0, 0.05) is 20.5 Å². The highest BCUT2D eigenvalue weighted by molar-refractivity contribution is 5.89. The van der Waals surface area contributed by atoms with Crippen molar-refractivity contribution in [3.8, 4) is 0 Å². The topological polar surface area (TPSA) is 86.7 Å². The van der Waals surface area contributed by atoms with Gasteiger partial charge in [-0.25, -0.2) is 0 Å². The fraction of sp³-hybridized carbons (Fsp3) is 0.769. The maximum Gasteiger partial charge on any atom is 0.310 e. The Bertz CT molecular complexity index is 373. The van der Waals surface area contributed by atoms with Crippen molar-refractivity contribution in [1.82, 2.24) is 10.2 Å². The molecule has 6 heteroatoms. The van der Waals surface area contributed by atoms with Crippen molar-refractivity contribution in [3.05, 3.63) is 0 Å². The first-order chi connectivity index (χ1) is 8.78. The average molecular weight is 270 g/mol. The van der Waals surface area contributed by atoms with Crippen molar-refractivity contribution in [2.75, 3.05) is 14.1 Å². The van der Waals surface area contributed by atoms with Crippen LogP contribution >= 0.6 is 0 Å². The number of nitrogens with one attached hydrogen (secondary N) is 1. The summed E-state index contributed by atoms with van der Waals surface area (Å²) < 4.78 is 0. The van der Waals surface area contributed by atoms with E-state index in [2.05, 4.69) is 5.32 Å². The quantitative estimate of drug-likeness (QED) is 0.766. The summed E-state index contributed by atoms with van der Waals surface area (Å²) in [7, 11) is 3.22. The van der Waals surface area contributed by atoms with Gasteiger partial charge < -0.3 is 15.3 Å². The fourth-order valence-electron chi connectivity index (χ4n) is 2.57. The van der Waals surface area contributed by atoms with Crippen molar-refractivity contribution < 1.29 is 19.5 Å². The Morgan fingerprint density at radius 2 is 1.79 bits per heavy atom. The van der Waals surface area contributed by atoms with Gasteiger partial charge in [-0.1, -0.05) is 12.8 Å². The molecule has 1 aliphatic carbocycles. The summed E-state index contributed by atoms with van der Waals surface area (Å²) in [6, 6.07) is -0.630. The Labute approximate surface area is 113 Å². The Kier molecular flexibility index (Phi) is 4.91. The minimum atomic E-state index is -0.940. The molecule has 2 amide bonds. The van der Waals surface area contributed by atoms with Crippen LogP contribution < -0.4 is 5.32 Å². The predicted molar refractivity (Wildman–Crippen MR) is 69.5 cm³/mol. The van der Waals surface area contributed by atoms with Crippen LogP contribution in [0.5, 0.6) is 0 Å². The van der Waals surface area contributed by atoms with Gasteiger partial charge in [-0.2, -0.15) is 0 Å². The van der Waals surface area contributed by atoms with E-state index in [0.717, 1.165) is 12.8 Å². The zero-order chi connectivity index (χ0) is 14.6. The molecule has 0 saturated heterocycles. The van der Waals surface area contributed by atoms with Gasteiger partial charge in [0.1, 0.15) is 6.04 Å². The molecule has 1 aliphatic rings. The minimum Gasteiger partial charge on any atom is -0.481 e. The molecule has 1 saturated carbocycles. The van der Waals surface area contributed by atoms with Gasteiger partial charge in [0.25, 0.3) is 0 Å². The van der Waals surface area contributed by atoms with E-state index >= 15 is 0 Å². The van der Waals surface area contributed by atoms with Crippen LogP contribution in [0.25, 0.3) is 0 Å². The number of nitrogens with zero attached hydrogens (tertiary/aromatic N) is 1. The van der Waals surface area contributed by atoms with Crippen molar-refractivity contribution in [2.24, 2.45) is 5.41 Å². The normalized spacial score (nSPS) is 18.7. The molecule has 0 aromatic heterocycles. The molecule has 0 bridgehead atoms. The average Bonchev–Trinajstić information content (AvgIpc) is 2.77. The lowest BCUT2D eigenvalue weighted by atomic mass is 9.82. The molecule has 1 fully saturated rings. The lowest BCUT2D eigenvalue weighted by Crippen LogP contribution is -2.46. The molecule has 0 aliphatic heterocycles. The number of carboxylic acids is 1. The minimum absolute atomic E-state index is 0.0482. The molecule has 0 spiro atoms. The summed E-state index contributed by atoms with van der Waals surface area (Å²) in [6.45, 7) is 1.60. The summed E-state index contributed by atoms with van der Waals surface area (Å²) >= 11 is 0. The number of aliphatic carboxylic acids is 1. The third-order valence-corrected chi connectivity index (χ3v) is 3.70. The second-order valence-corrected chi connectivity index (χ2v) is 5.49. The van der Waals surface area contributed by atoms with E-state index in [1.807, 2.05) is 0 Å². The van der Waals surface area contributed by atoms with E-state index in [1.54, 1.807) is 21.0 Å². The van der Waals surface area contributed by atoms with Crippen LogP contribution in [0, 0.1) is 5.41 Å². The van der Waals surface area contributed by atoms with Gasteiger partial charge in [-0.3, -0.25) is 14.4 Å². The number of hydrogen-bond donors (Lipinski definition) is 2. The van der Waals surface area contributed by atoms with Crippen LogP contribution in [-0.2, 0) is 14.4 Å². The van der Waals surface area contributed by atoms with Gasteiger partial charge in [0.05, 0.1) is 5.41 Å². The van der Waals surface area contributed by atoms with Crippen LogP contribution in [0.1, 0.15) is 39.0 Å². The summed E-state index contributed by atoms with van der Waals surface area (Å²) in [6.07, 6.45) is 2.70. The first kappa shape index (κ1) is 15.5. The number of carbonyl (C=O) groups is 3. The predicted octanol–water partition coefficient (Wildman–Crippen LogP) is 0.614. The van der Waals surface area contributed by atoms with Gasteiger partial charge in [0.15, 0.2) is 0 Å². The van der Waals surface area contributed by atoms with Crippen LogP contribution in [0.3, 0.4) is 0 Å². The number of rotatable bonds is 5. The monoisotopic (exact) mass is 270 g/mol. The highest BCUT2D eigenvalue weighted by Crippen LogP contribution is 2.41. The number of carboxylic acid groups (broad SMARTS) is 1. The molecule has 108 valence electrons. The lowest BCUT2D eigenvalue weighted by molar-refractivity contribution is -0.151. The number of carbonyl (C=O) groups excluding carboxylic acids is 2. The van der Waals surface area contributed by atoms with E-state index < -0.39 is 17.4 Å². The second-order valence-electron chi connectivity index (χ2n) is 5.49. The van der Waals surface area contributed by atoms with E-state index in [4.69, 9.17) is 0 Å². The van der Waals surface area contributed by atoms with Gasteiger partial charge in [0.2, 0.25) is 11.8 Å². The second kappa shape index (κ2) is 6.04. The van der Waals surface area contributed by atoms with Gasteiger partial charge >= 0.3 is 5.97 Å². The van der Waals surface area contributed by atoms with Crippen LogP contribution in [0.2, 0.25) is 0 Å². The first-order valence-corrected chi connectivity index (χ1v) is 6.52. The Morgan fingerprint density at radius 1 is 1.26 bits per heavy atom. The van der Waals surface area contributed by atoms with Gasteiger partial charge in [-0.05, 0) is 19.8 Å². The number of amides is 2. The Hall–Kier alpha value is -1.59. The molecule has 0 aromatic rings. The van der Waals surface area contributed by atoms with E-state index in [1.165, 1.54) is 4.90 Å². The summed E-state index contributed by atoms with van der Waals surface area (Å²) in [5.41, 5.74) is -0.940. The summed E-state index contributed by atoms with van der Waals surface area (Å²) in [5.74, 6) is -1.48. The summed E-state index contributed by atoms with van der Waals surface area (Å²) in [4.78, 5) is 36.3. The molecule has 1 atom stereocenters. The van der Waals surface area contributed by atoms with Crippen molar-refractivity contribution >= 4 is 17.8 Å². The molecule has 1 unspecified atom stereocenters. The standard InChI is InChI=1S/C13H22N2O4/c1-9(11(17)15(2)3)14-10(16)8-13(12(18)19)6-4-5-7-13/h9H,4-8H2,1-3H3,(H,14,16)(H,18,19). The first-order valence-electron chi connectivity index (χ1n) is 6.52. The zero-order valence-corrected chi connectivity index (χ0v) is 11.7. The van der Waals surface area contributed by atoms with E-state index in [-0.39, 0.29) is 18.2 Å². The molecular weight excluding hydrogens is 248 g/mol. The molecule has 0 radical (unpaired) electrons. The molecule has 2 N–H and O–H groups in total. The van der Waals surface area contributed by atoms with E-state index in [0.29, 0.717) is 12.8 Å². The van der Waals surface area contributed by atoms with Crippen LogP contribution in [-0.4, -0.2) is 47.9 Å². The molecule has 1 rings (SSSR count). The molecule has 0 heterocycles. The molecular formula is C13H22N2O4. The third kappa shape index (κ3) is 3.68. The number of hydrogen-bond acceptors (Lipinski definition) is 3.